The summed E-state index contributed by atoms with van der Waals surface area (Å²) in [5.41, 5.74) is 2.77. The van der Waals surface area contributed by atoms with E-state index in [1.165, 1.54) is 0 Å². The summed E-state index contributed by atoms with van der Waals surface area (Å²) >= 11 is 0. The van der Waals surface area contributed by atoms with Crippen LogP contribution in [0.4, 0.5) is 0 Å². The predicted octanol–water partition coefficient (Wildman–Crippen LogP) is 2.66. The Labute approximate surface area is 134 Å². The minimum Gasteiger partial charge on any atom is -0.482 e. The summed E-state index contributed by atoms with van der Waals surface area (Å²) in [5, 5.41) is 2.54. The van der Waals surface area contributed by atoms with Crippen LogP contribution in [-0.2, 0) is 4.79 Å². The molecule has 3 rings (SSSR count). The van der Waals surface area contributed by atoms with Gasteiger partial charge in [-0.2, -0.15) is 0 Å². The lowest BCUT2D eigenvalue weighted by atomic mass is 10.2. The highest BCUT2D eigenvalue weighted by Gasteiger charge is 2.09. The van der Waals surface area contributed by atoms with Gasteiger partial charge in [0.25, 0.3) is 5.91 Å². The Morgan fingerprint density at radius 2 is 1.87 bits per heavy atom. The van der Waals surface area contributed by atoms with Crippen LogP contribution < -0.4 is 10.1 Å². The first-order valence-corrected chi connectivity index (χ1v) is 7.30. The Morgan fingerprint density at radius 1 is 1.13 bits per heavy atom. The molecule has 0 bridgehead atoms. The summed E-state index contributed by atoms with van der Waals surface area (Å²) in [7, 11) is 1.58. The molecule has 1 amide bonds. The maximum atomic E-state index is 11.4. The Hall–Kier alpha value is -3.08. The largest absolute Gasteiger partial charge is 0.482 e. The molecular weight excluding hydrogens is 290 g/mol. The molecule has 0 radical (unpaired) electrons. The number of imidazole rings is 1. The number of rotatable bonds is 5. The molecule has 1 N–H and O–H groups in total. The Morgan fingerprint density at radius 3 is 2.65 bits per heavy atom. The van der Waals surface area contributed by atoms with E-state index in [0.717, 1.165) is 16.9 Å². The van der Waals surface area contributed by atoms with Crippen molar-refractivity contribution in [1.29, 1.82) is 0 Å². The second kappa shape index (κ2) is 6.79. The van der Waals surface area contributed by atoms with Crippen LogP contribution in [0.2, 0.25) is 0 Å². The molecule has 0 aliphatic heterocycles. The van der Waals surface area contributed by atoms with Crippen LogP contribution in [0.1, 0.15) is 0 Å². The average molecular weight is 307 g/mol. The zero-order valence-electron chi connectivity index (χ0n) is 12.8. The number of ether oxygens (including phenoxy) is 1. The highest BCUT2D eigenvalue weighted by atomic mass is 16.5. The SMILES string of the molecule is CNC(=O)COc1ccccc1-n1cnc(-c2ccccc2)c1. The monoisotopic (exact) mass is 307 g/mol. The van der Waals surface area contributed by atoms with Crippen LogP contribution in [0.5, 0.6) is 5.75 Å². The zero-order chi connectivity index (χ0) is 16.1. The van der Waals surface area contributed by atoms with Gasteiger partial charge in [0.15, 0.2) is 6.61 Å². The predicted molar refractivity (Wildman–Crippen MR) is 88.6 cm³/mol. The first kappa shape index (κ1) is 14.8. The zero-order valence-corrected chi connectivity index (χ0v) is 12.8. The first-order chi connectivity index (χ1) is 11.3. The van der Waals surface area contributed by atoms with Gasteiger partial charge in [-0.3, -0.25) is 4.79 Å². The van der Waals surface area contributed by atoms with Crippen LogP contribution >= 0.6 is 0 Å². The molecule has 0 aliphatic carbocycles. The van der Waals surface area contributed by atoms with Crippen molar-refractivity contribution in [2.24, 2.45) is 0 Å². The molecule has 0 spiro atoms. The molecule has 23 heavy (non-hydrogen) atoms. The Bertz CT molecular complexity index is 797. The van der Waals surface area contributed by atoms with E-state index in [-0.39, 0.29) is 12.5 Å². The van der Waals surface area contributed by atoms with Crippen molar-refractivity contribution in [3.63, 3.8) is 0 Å². The van der Waals surface area contributed by atoms with Crippen LogP contribution in [-0.4, -0.2) is 29.1 Å². The van der Waals surface area contributed by atoms with Crippen LogP contribution in [0.15, 0.2) is 67.1 Å². The molecule has 0 unspecified atom stereocenters. The van der Waals surface area contributed by atoms with Gasteiger partial charge >= 0.3 is 0 Å². The highest BCUT2D eigenvalue weighted by molar-refractivity contribution is 5.77. The number of hydrogen-bond donors (Lipinski definition) is 1. The highest BCUT2D eigenvalue weighted by Crippen LogP contribution is 2.25. The maximum Gasteiger partial charge on any atom is 0.257 e. The van der Waals surface area contributed by atoms with Gasteiger partial charge in [0.1, 0.15) is 12.1 Å². The second-order valence-corrected chi connectivity index (χ2v) is 4.96. The molecule has 5 nitrogen and oxygen atoms in total. The van der Waals surface area contributed by atoms with Crippen molar-refractivity contribution < 1.29 is 9.53 Å². The third-order valence-corrected chi connectivity index (χ3v) is 3.43. The quantitative estimate of drug-likeness (QED) is 0.788. The van der Waals surface area contributed by atoms with Gasteiger partial charge in [0, 0.05) is 18.8 Å². The summed E-state index contributed by atoms with van der Waals surface area (Å²) < 4.78 is 7.49. The smallest absolute Gasteiger partial charge is 0.257 e. The van der Waals surface area contributed by atoms with Gasteiger partial charge < -0.3 is 14.6 Å². The fraction of sp³-hybridized carbons (Fsp3) is 0.111. The average Bonchev–Trinajstić information content (AvgIpc) is 3.10. The van der Waals surface area contributed by atoms with Crippen molar-refractivity contribution in [3.8, 4) is 22.7 Å². The van der Waals surface area contributed by atoms with E-state index in [2.05, 4.69) is 10.3 Å². The van der Waals surface area contributed by atoms with E-state index >= 15 is 0 Å². The molecule has 0 saturated heterocycles. The minimum atomic E-state index is -0.171. The summed E-state index contributed by atoms with van der Waals surface area (Å²) in [4.78, 5) is 15.8. The normalized spacial score (nSPS) is 10.3. The molecule has 1 heterocycles. The topological polar surface area (TPSA) is 56.1 Å². The lowest BCUT2D eigenvalue weighted by Gasteiger charge is -2.11. The van der Waals surface area contributed by atoms with Gasteiger partial charge in [-0.25, -0.2) is 4.98 Å². The number of nitrogens with one attached hydrogen (secondary N) is 1. The van der Waals surface area contributed by atoms with Crippen molar-refractivity contribution in [2.75, 3.05) is 13.7 Å². The molecule has 0 atom stereocenters. The summed E-state index contributed by atoms with van der Waals surface area (Å²) in [6.07, 6.45) is 3.68. The number of likely N-dealkylation sites (N-methyl/N-ethyl adjacent to an activating group) is 1. The van der Waals surface area contributed by atoms with Crippen LogP contribution in [0.25, 0.3) is 16.9 Å². The van der Waals surface area contributed by atoms with Crippen LogP contribution in [0, 0.1) is 0 Å². The van der Waals surface area contributed by atoms with E-state index in [1.54, 1.807) is 13.4 Å². The molecule has 0 fully saturated rings. The van der Waals surface area contributed by atoms with E-state index in [9.17, 15) is 4.79 Å². The standard InChI is InChI=1S/C18H17N3O2/c1-19-18(22)12-23-17-10-6-5-9-16(17)21-11-15(20-13-21)14-7-3-2-4-8-14/h2-11,13H,12H2,1H3,(H,19,22). The molecular formula is C18H17N3O2. The van der Waals surface area contributed by atoms with Crippen LogP contribution in [0.3, 0.4) is 0 Å². The first-order valence-electron chi connectivity index (χ1n) is 7.30. The van der Waals surface area contributed by atoms with Crippen molar-refractivity contribution in [2.45, 2.75) is 0 Å². The van der Waals surface area contributed by atoms with E-state index in [1.807, 2.05) is 65.4 Å². The number of benzene rings is 2. The fourth-order valence-electron chi connectivity index (χ4n) is 2.22. The number of carbonyl (C=O) groups is 1. The third-order valence-electron chi connectivity index (χ3n) is 3.43. The molecule has 116 valence electrons. The van der Waals surface area contributed by atoms with Crippen molar-refractivity contribution >= 4 is 5.91 Å². The minimum absolute atomic E-state index is 0.0201. The number of aromatic nitrogens is 2. The third kappa shape index (κ3) is 3.40. The summed E-state index contributed by atoms with van der Waals surface area (Å²) in [5.74, 6) is 0.462. The molecule has 2 aromatic carbocycles. The van der Waals surface area contributed by atoms with Gasteiger partial charge in [0.05, 0.1) is 11.4 Å². The fourth-order valence-corrected chi connectivity index (χ4v) is 2.22. The van der Waals surface area contributed by atoms with E-state index in [0.29, 0.717) is 5.75 Å². The lowest BCUT2D eigenvalue weighted by molar-refractivity contribution is -0.122. The Kier molecular flexibility index (Phi) is 4.38. The molecule has 1 aromatic heterocycles. The molecule has 0 saturated carbocycles. The number of amides is 1. The van der Waals surface area contributed by atoms with Gasteiger partial charge in [-0.15, -0.1) is 0 Å². The van der Waals surface area contributed by atoms with Crippen molar-refractivity contribution in [1.82, 2.24) is 14.9 Å². The van der Waals surface area contributed by atoms with E-state index in [4.69, 9.17) is 4.74 Å². The lowest BCUT2D eigenvalue weighted by Crippen LogP contribution is -2.25. The van der Waals surface area contributed by atoms with Gasteiger partial charge in [0.2, 0.25) is 0 Å². The number of carbonyl (C=O) groups excluding carboxylic acids is 1. The molecule has 0 aliphatic rings. The maximum absolute atomic E-state index is 11.4. The number of nitrogens with zero attached hydrogens (tertiary/aromatic N) is 2. The van der Waals surface area contributed by atoms with Gasteiger partial charge in [-0.05, 0) is 12.1 Å². The Balaban J connectivity index is 1.88. The summed E-state index contributed by atoms with van der Waals surface area (Å²) in [6.45, 7) is -0.0201. The molecule has 3 aromatic rings. The number of hydrogen-bond acceptors (Lipinski definition) is 3. The summed E-state index contributed by atoms with van der Waals surface area (Å²) in [6, 6.07) is 17.5. The van der Waals surface area contributed by atoms with Crippen molar-refractivity contribution in [3.05, 3.63) is 67.1 Å². The second-order valence-electron chi connectivity index (χ2n) is 4.96. The number of para-hydroxylation sites is 2. The molecule has 5 heteroatoms. The van der Waals surface area contributed by atoms with Gasteiger partial charge in [-0.1, -0.05) is 42.5 Å². The van der Waals surface area contributed by atoms with E-state index < -0.39 is 0 Å².